The molecule has 1 aliphatic carbocycles. The third-order valence-electron chi connectivity index (χ3n) is 5.16. The highest BCUT2D eigenvalue weighted by Crippen LogP contribution is 2.24. The van der Waals surface area contributed by atoms with Crippen molar-refractivity contribution in [1.82, 2.24) is 20.4 Å². The minimum atomic E-state index is -0.950. The van der Waals surface area contributed by atoms with Gasteiger partial charge < -0.3 is 15.4 Å². The Morgan fingerprint density at radius 1 is 1.32 bits per heavy atom. The van der Waals surface area contributed by atoms with Gasteiger partial charge in [0.1, 0.15) is 11.3 Å². The van der Waals surface area contributed by atoms with Gasteiger partial charge in [-0.3, -0.25) is 14.5 Å². The molecule has 0 aromatic heterocycles. The van der Waals surface area contributed by atoms with Crippen LogP contribution in [-0.2, 0) is 16.0 Å². The molecule has 8 heteroatoms. The first-order valence-electron chi connectivity index (χ1n) is 9.56. The monoisotopic (exact) mass is 388 g/mol. The maximum absolute atomic E-state index is 12.9. The van der Waals surface area contributed by atoms with Crippen LogP contribution in [0.25, 0.3) is 0 Å². The summed E-state index contributed by atoms with van der Waals surface area (Å²) in [5.74, 6) is 0.430. The van der Waals surface area contributed by atoms with Gasteiger partial charge in [-0.25, -0.2) is 9.69 Å². The summed E-state index contributed by atoms with van der Waals surface area (Å²) in [7, 11) is 3.34. The number of rotatable bonds is 9. The van der Waals surface area contributed by atoms with Gasteiger partial charge in [-0.2, -0.15) is 0 Å². The first-order chi connectivity index (χ1) is 13.3. The Balaban J connectivity index is 1.53. The molecule has 1 saturated carbocycles. The number of carbonyl (C=O) groups is 3. The van der Waals surface area contributed by atoms with Crippen molar-refractivity contribution in [2.45, 2.75) is 44.2 Å². The van der Waals surface area contributed by atoms with E-state index in [9.17, 15) is 14.4 Å². The van der Waals surface area contributed by atoms with Gasteiger partial charge in [0.15, 0.2) is 0 Å². The van der Waals surface area contributed by atoms with Gasteiger partial charge in [-0.1, -0.05) is 12.1 Å². The van der Waals surface area contributed by atoms with Crippen molar-refractivity contribution in [3.63, 3.8) is 0 Å². The molecule has 2 aliphatic rings. The maximum Gasteiger partial charge on any atom is 0.326 e. The number of nitrogens with zero attached hydrogens (tertiary/aromatic N) is 2. The Kier molecular flexibility index (Phi) is 5.88. The fourth-order valence-corrected chi connectivity index (χ4v) is 3.27. The van der Waals surface area contributed by atoms with E-state index in [1.807, 2.05) is 24.3 Å². The van der Waals surface area contributed by atoms with E-state index in [1.165, 1.54) is 4.90 Å². The molecule has 0 bridgehead atoms. The molecule has 1 aromatic rings. The van der Waals surface area contributed by atoms with Gasteiger partial charge in [0, 0.05) is 6.04 Å². The van der Waals surface area contributed by atoms with E-state index in [1.54, 1.807) is 26.0 Å². The second-order valence-corrected chi connectivity index (χ2v) is 7.84. The molecule has 1 saturated heterocycles. The van der Waals surface area contributed by atoms with Crippen molar-refractivity contribution in [3.8, 4) is 5.75 Å². The standard InChI is InChI=1S/C20H28N4O4/c1-20(11-10-14-4-8-16(28-3)9-5-14)18(26)24(19(27)22-20)13-23(2)12-17(25)21-15-6-7-15/h4-5,8-9,15H,6-7,10-13H2,1-3H3,(H,21,25)(H,22,27)/t20-/m1/s1. The molecule has 1 aromatic carbocycles. The molecule has 2 N–H and O–H groups in total. The average molecular weight is 388 g/mol. The number of benzene rings is 1. The predicted octanol–water partition coefficient (Wildman–Crippen LogP) is 1.11. The fraction of sp³-hybridized carbons (Fsp3) is 0.550. The number of hydrogen-bond acceptors (Lipinski definition) is 5. The van der Waals surface area contributed by atoms with Gasteiger partial charge in [0.25, 0.3) is 5.91 Å². The third-order valence-corrected chi connectivity index (χ3v) is 5.16. The summed E-state index contributed by atoms with van der Waals surface area (Å²) in [6, 6.07) is 7.53. The SMILES string of the molecule is COc1ccc(CC[C@@]2(C)NC(=O)N(CN(C)CC(=O)NC3CC3)C2=O)cc1. The van der Waals surface area contributed by atoms with Gasteiger partial charge in [-0.05, 0) is 57.4 Å². The summed E-state index contributed by atoms with van der Waals surface area (Å²) >= 11 is 0. The number of amides is 4. The molecule has 152 valence electrons. The van der Waals surface area contributed by atoms with Crippen molar-refractivity contribution < 1.29 is 19.1 Å². The fourth-order valence-electron chi connectivity index (χ4n) is 3.27. The van der Waals surface area contributed by atoms with E-state index in [4.69, 9.17) is 4.74 Å². The van der Waals surface area contributed by atoms with Crippen molar-refractivity contribution in [2.24, 2.45) is 0 Å². The number of aryl methyl sites for hydroxylation is 1. The Morgan fingerprint density at radius 2 is 2.00 bits per heavy atom. The van der Waals surface area contributed by atoms with Crippen LogP contribution in [0.2, 0.25) is 0 Å². The molecule has 0 unspecified atom stereocenters. The van der Waals surface area contributed by atoms with E-state index >= 15 is 0 Å². The normalized spacial score (nSPS) is 21.8. The van der Waals surface area contributed by atoms with Gasteiger partial charge >= 0.3 is 6.03 Å². The highest BCUT2D eigenvalue weighted by atomic mass is 16.5. The quantitative estimate of drug-likeness (QED) is 0.619. The minimum Gasteiger partial charge on any atom is -0.497 e. The van der Waals surface area contributed by atoms with E-state index in [0.717, 1.165) is 24.2 Å². The molecule has 0 radical (unpaired) electrons. The molecule has 2 fully saturated rings. The topological polar surface area (TPSA) is 91.0 Å². The first kappa shape index (κ1) is 20.1. The van der Waals surface area contributed by atoms with Crippen LogP contribution in [0.1, 0.15) is 31.7 Å². The van der Waals surface area contributed by atoms with Crippen LogP contribution < -0.4 is 15.4 Å². The summed E-state index contributed by atoms with van der Waals surface area (Å²) in [6.07, 6.45) is 3.19. The number of hydrogen-bond donors (Lipinski definition) is 2. The van der Waals surface area contributed by atoms with Crippen LogP contribution in [0, 0.1) is 0 Å². The number of methoxy groups -OCH3 is 1. The van der Waals surface area contributed by atoms with E-state index in [-0.39, 0.29) is 25.0 Å². The maximum atomic E-state index is 12.9. The summed E-state index contributed by atoms with van der Waals surface area (Å²) in [5, 5.41) is 5.71. The Morgan fingerprint density at radius 3 is 2.61 bits per heavy atom. The molecule has 1 heterocycles. The number of nitrogens with one attached hydrogen (secondary N) is 2. The lowest BCUT2D eigenvalue weighted by Gasteiger charge is -2.24. The number of urea groups is 1. The lowest BCUT2D eigenvalue weighted by atomic mass is 9.93. The van der Waals surface area contributed by atoms with E-state index in [0.29, 0.717) is 18.9 Å². The second kappa shape index (κ2) is 8.18. The summed E-state index contributed by atoms with van der Waals surface area (Å²) in [6.45, 7) is 1.98. The molecular formula is C20H28N4O4. The van der Waals surface area contributed by atoms with Crippen LogP contribution >= 0.6 is 0 Å². The zero-order chi connectivity index (χ0) is 20.3. The highest BCUT2D eigenvalue weighted by molar-refractivity contribution is 6.06. The molecule has 8 nitrogen and oxygen atoms in total. The molecule has 1 aliphatic heterocycles. The highest BCUT2D eigenvalue weighted by Gasteiger charge is 2.47. The molecule has 0 spiro atoms. The smallest absolute Gasteiger partial charge is 0.326 e. The van der Waals surface area contributed by atoms with Crippen molar-refractivity contribution in [1.29, 1.82) is 0 Å². The van der Waals surface area contributed by atoms with Crippen molar-refractivity contribution >= 4 is 17.8 Å². The third kappa shape index (κ3) is 4.81. The van der Waals surface area contributed by atoms with Crippen LogP contribution in [0.5, 0.6) is 5.75 Å². The zero-order valence-electron chi connectivity index (χ0n) is 16.7. The lowest BCUT2D eigenvalue weighted by Crippen LogP contribution is -2.46. The molecule has 28 heavy (non-hydrogen) atoms. The number of likely N-dealkylation sites (N-methyl/N-ethyl adjacent to an activating group) is 1. The van der Waals surface area contributed by atoms with E-state index < -0.39 is 11.6 Å². The summed E-state index contributed by atoms with van der Waals surface area (Å²) < 4.78 is 5.15. The van der Waals surface area contributed by atoms with Crippen LogP contribution in [0.4, 0.5) is 4.79 Å². The van der Waals surface area contributed by atoms with Crippen LogP contribution in [-0.4, -0.2) is 66.6 Å². The number of imide groups is 1. The lowest BCUT2D eigenvalue weighted by molar-refractivity contribution is -0.133. The Hall–Kier alpha value is -2.61. The summed E-state index contributed by atoms with van der Waals surface area (Å²) in [5.41, 5.74) is 0.116. The Bertz CT molecular complexity index is 747. The predicted molar refractivity (Wildman–Crippen MR) is 104 cm³/mol. The first-order valence-corrected chi connectivity index (χ1v) is 9.56. The summed E-state index contributed by atoms with van der Waals surface area (Å²) in [4.78, 5) is 40.0. The van der Waals surface area contributed by atoms with Crippen LogP contribution in [0.15, 0.2) is 24.3 Å². The van der Waals surface area contributed by atoms with E-state index in [2.05, 4.69) is 10.6 Å². The van der Waals surface area contributed by atoms with Crippen molar-refractivity contribution in [3.05, 3.63) is 29.8 Å². The van der Waals surface area contributed by atoms with Crippen molar-refractivity contribution in [2.75, 3.05) is 27.4 Å². The number of carbonyl (C=O) groups excluding carboxylic acids is 3. The van der Waals surface area contributed by atoms with Crippen LogP contribution in [0.3, 0.4) is 0 Å². The molecule has 1 atom stereocenters. The van der Waals surface area contributed by atoms with Gasteiger partial charge in [0.2, 0.25) is 5.91 Å². The minimum absolute atomic E-state index is 0.0840. The second-order valence-electron chi connectivity index (χ2n) is 7.84. The molecule has 3 rings (SSSR count). The molecular weight excluding hydrogens is 360 g/mol. The zero-order valence-corrected chi connectivity index (χ0v) is 16.7. The largest absolute Gasteiger partial charge is 0.497 e. The Labute approximate surface area is 165 Å². The molecule has 4 amide bonds. The van der Waals surface area contributed by atoms with Gasteiger partial charge in [0.05, 0.1) is 20.3 Å². The van der Waals surface area contributed by atoms with Gasteiger partial charge in [-0.15, -0.1) is 0 Å². The number of ether oxygens (including phenoxy) is 1. The average Bonchev–Trinajstić information content (AvgIpc) is 3.44.